The Bertz CT molecular complexity index is 404. The number of rotatable bonds is 7. The molecule has 2 N–H and O–H groups in total. The van der Waals surface area contributed by atoms with Gasteiger partial charge in [0.05, 0.1) is 11.9 Å². The third-order valence-corrected chi connectivity index (χ3v) is 2.96. The molecule has 1 aromatic heterocycles. The lowest BCUT2D eigenvalue weighted by Gasteiger charge is -2.23. The molecular weight excluding hydrogens is 252 g/mol. The average Bonchev–Trinajstić information content (AvgIpc) is 2.37. The van der Waals surface area contributed by atoms with Crippen molar-refractivity contribution in [1.29, 1.82) is 0 Å². The van der Waals surface area contributed by atoms with Crippen molar-refractivity contribution in [3.8, 4) is 0 Å². The average molecular weight is 278 g/mol. The fourth-order valence-electron chi connectivity index (χ4n) is 2.12. The van der Waals surface area contributed by atoms with Crippen LogP contribution in [0, 0.1) is 5.92 Å². The van der Waals surface area contributed by atoms with Crippen molar-refractivity contribution in [2.45, 2.75) is 26.3 Å². The predicted octanol–water partition coefficient (Wildman–Crippen LogP) is 1.83. The number of hydrogen-bond donors (Lipinski definition) is 2. The van der Waals surface area contributed by atoms with Gasteiger partial charge in [0.2, 0.25) is 0 Å². The zero-order chi connectivity index (χ0) is 15.1. The lowest BCUT2D eigenvalue weighted by atomic mass is 10.0. The molecule has 20 heavy (non-hydrogen) atoms. The molecule has 5 nitrogen and oxygen atoms in total. The fourth-order valence-corrected chi connectivity index (χ4v) is 2.12. The number of amides is 1. The smallest absolute Gasteiger partial charge is 0.270 e. The SMILES string of the molecule is CNc1ccc(C(=O)NC(CC(C)C)CN(C)C)nc1. The van der Waals surface area contributed by atoms with Crippen LogP contribution in [0.3, 0.4) is 0 Å². The number of carbonyl (C=O) groups excluding carboxylic acids is 1. The maximum atomic E-state index is 12.2. The van der Waals surface area contributed by atoms with E-state index in [-0.39, 0.29) is 11.9 Å². The van der Waals surface area contributed by atoms with Crippen LogP contribution in [0.1, 0.15) is 30.8 Å². The summed E-state index contributed by atoms with van der Waals surface area (Å²) < 4.78 is 0. The van der Waals surface area contributed by atoms with Gasteiger partial charge in [-0.1, -0.05) is 13.8 Å². The summed E-state index contributed by atoms with van der Waals surface area (Å²) in [5.41, 5.74) is 1.35. The molecule has 112 valence electrons. The first-order valence-electron chi connectivity index (χ1n) is 7.01. The first-order valence-corrected chi connectivity index (χ1v) is 7.01. The van der Waals surface area contributed by atoms with Crippen molar-refractivity contribution in [1.82, 2.24) is 15.2 Å². The topological polar surface area (TPSA) is 57.3 Å². The molecular formula is C15H26N4O. The second kappa shape index (κ2) is 7.85. The van der Waals surface area contributed by atoms with Gasteiger partial charge in [-0.2, -0.15) is 0 Å². The van der Waals surface area contributed by atoms with E-state index in [4.69, 9.17) is 0 Å². The van der Waals surface area contributed by atoms with E-state index < -0.39 is 0 Å². The number of carbonyl (C=O) groups is 1. The molecule has 5 heteroatoms. The van der Waals surface area contributed by atoms with Gasteiger partial charge in [0.15, 0.2) is 0 Å². The fraction of sp³-hybridized carbons (Fsp3) is 0.600. The van der Waals surface area contributed by atoms with Crippen LogP contribution >= 0.6 is 0 Å². The van der Waals surface area contributed by atoms with Gasteiger partial charge in [-0.15, -0.1) is 0 Å². The van der Waals surface area contributed by atoms with Gasteiger partial charge in [-0.05, 0) is 38.6 Å². The van der Waals surface area contributed by atoms with Crippen LogP contribution in [0.5, 0.6) is 0 Å². The Hall–Kier alpha value is -1.62. The van der Waals surface area contributed by atoms with Crippen LogP contribution in [0.4, 0.5) is 5.69 Å². The van der Waals surface area contributed by atoms with Crippen molar-refractivity contribution < 1.29 is 4.79 Å². The van der Waals surface area contributed by atoms with Gasteiger partial charge >= 0.3 is 0 Å². The second-order valence-corrected chi connectivity index (χ2v) is 5.74. The number of nitrogens with zero attached hydrogens (tertiary/aromatic N) is 2. The van der Waals surface area contributed by atoms with Gasteiger partial charge in [0.1, 0.15) is 5.69 Å². The van der Waals surface area contributed by atoms with Crippen LogP contribution < -0.4 is 10.6 Å². The molecule has 0 aliphatic rings. The molecule has 1 amide bonds. The lowest BCUT2D eigenvalue weighted by Crippen LogP contribution is -2.42. The number of anilines is 1. The molecule has 0 saturated heterocycles. The molecule has 0 radical (unpaired) electrons. The Morgan fingerprint density at radius 1 is 1.35 bits per heavy atom. The van der Waals surface area contributed by atoms with Gasteiger partial charge in [0, 0.05) is 19.6 Å². The van der Waals surface area contributed by atoms with E-state index in [1.54, 1.807) is 12.3 Å². The highest BCUT2D eigenvalue weighted by Crippen LogP contribution is 2.08. The summed E-state index contributed by atoms with van der Waals surface area (Å²) in [6.07, 6.45) is 2.62. The summed E-state index contributed by atoms with van der Waals surface area (Å²) in [4.78, 5) is 18.5. The van der Waals surface area contributed by atoms with E-state index >= 15 is 0 Å². The standard InChI is InChI=1S/C15H26N4O/c1-11(2)8-13(10-19(4)5)18-15(20)14-7-6-12(16-3)9-17-14/h6-7,9,11,13,16H,8,10H2,1-5H3,(H,18,20). The quantitative estimate of drug-likeness (QED) is 0.799. The zero-order valence-corrected chi connectivity index (χ0v) is 13.1. The molecule has 0 bridgehead atoms. The Labute approximate surface area is 121 Å². The molecule has 0 aliphatic carbocycles. The van der Waals surface area contributed by atoms with E-state index in [1.807, 2.05) is 27.2 Å². The minimum absolute atomic E-state index is 0.111. The first kappa shape index (κ1) is 16.4. The highest BCUT2D eigenvalue weighted by atomic mass is 16.1. The van der Waals surface area contributed by atoms with Crippen molar-refractivity contribution in [3.63, 3.8) is 0 Å². The highest BCUT2D eigenvalue weighted by Gasteiger charge is 2.16. The van der Waals surface area contributed by atoms with Crippen LogP contribution in [-0.2, 0) is 0 Å². The molecule has 0 spiro atoms. The Morgan fingerprint density at radius 2 is 2.05 bits per heavy atom. The number of hydrogen-bond acceptors (Lipinski definition) is 4. The zero-order valence-electron chi connectivity index (χ0n) is 13.1. The van der Waals surface area contributed by atoms with Gasteiger partial charge in [-0.25, -0.2) is 4.98 Å². The molecule has 1 heterocycles. The largest absolute Gasteiger partial charge is 0.387 e. The van der Waals surface area contributed by atoms with Gasteiger partial charge < -0.3 is 15.5 Å². The summed E-state index contributed by atoms with van der Waals surface area (Å²) in [5.74, 6) is 0.431. The van der Waals surface area contributed by atoms with Crippen molar-refractivity contribution in [2.24, 2.45) is 5.92 Å². The Kier molecular flexibility index (Phi) is 6.45. The molecule has 0 saturated carbocycles. The summed E-state index contributed by atoms with van der Waals surface area (Å²) in [6.45, 7) is 5.15. The second-order valence-electron chi connectivity index (χ2n) is 5.74. The van der Waals surface area contributed by atoms with Gasteiger partial charge in [0.25, 0.3) is 5.91 Å². The Morgan fingerprint density at radius 3 is 2.50 bits per heavy atom. The number of nitrogens with one attached hydrogen (secondary N) is 2. The normalized spacial score (nSPS) is 12.6. The Balaban J connectivity index is 2.68. The number of likely N-dealkylation sites (N-methyl/N-ethyl adjacent to an activating group) is 1. The van der Waals surface area contributed by atoms with Crippen LogP contribution in [0.25, 0.3) is 0 Å². The number of aromatic nitrogens is 1. The van der Waals surface area contributed by atoms with E-state index in [1.165, 1.54) is 0 Å². The highest BCUT2D eigenvalue weighted by molar-refractivity contribution is 5.92. The number of pyridine rings is 1. The molecule has 1 aromatic rings. The maximum Gasteiger partial charge on any atom is 0.270 e. The molecule has 0 fully saturated rings. The van der Waals surface area contributed by atoms with E-state index in [0.29, 0.717) is 11.6 Å². The van der Waals surface area contributed by atoms with E-state index in [0.717, 1.165) is 18.7 Å². The van der Waals surface area contributed by atoms with Gasteiger partial charge in [-0.3, -0.25) is 4.79 Å². The first-order chi connectivity index (χ1) is 9.42. The van der Waals surface area contributed by atoms with Crippen molar-refractivity contribution >= 4 is 11.6 Å². The monoisotopic (exact) mass is 278 g/mol. The van der Waals surface area contributed by atoms with E-state index in [9.17, 15) is 4.79 Å². The van der Waals surface area contributed by atoms with Crippen LogP contribution in [-0.4, -0.2) is 49.5 Å². The molecule has 1 atom stereocenters. The molecule has 0 aliphatic heterocycles. The molecule has 1 rings (SSSR count). The van der Waals surface area contributed by atoms with Crippen molar-refractivity contribution in [3.05, 3.63) is 24.0 Å². The molecule has 0 aromatic carbocycles. The summed E-state index contributed by atoms with van der Waals surface area (Å²) in [6, 6.07) is 3.73. The summed E-state index contributed by atoms with van der Waals surface area (Å²) in [5, 5.41) is 6.06. The third-order valence-electron chi connectivity index (χ3n) is 2.96. The minimum Gasteiger partial charge on any atom is -0.387 e. The lowest BCUT2D eigenvalue weighted by molar-refractivity contribution is 0.0919. The van der Waals surface area contributed by atoms with Crippen molar-refractivity contribution in [2.75, 3.05) is 33.0 Å². The predicted molar refractivity (Wildman–Crippen MR) is 83.0 cm³/mol. The summed E-state index contributed by atoms with van der Waals surface area (Å²) in [7, 11) is 5.85. The summed E-state index contributed by atoms with van der Waals surface area (Å²) >= 11 is 0. The molecule has 1 unspecified atom stereocenters. The minimum atomic E-state index is -0.111. The third kappa shape index (κ3) is 5.57. The maximum absolute atomic E-state index is 12.2. The van der Waals surface area contributed by atoms with Crippen LogP contribution in [0.15, 0.2) is 18.3 Å². The van der Waals surface area contributed by atoms with E-state index in [2.05, 4.69) is 34.4 Å². The van der Waals surface area contributed by atoms with Crippen LogP contribution in [0.2, 0.25) is 0 Å².